The van der Waals surface area contributed by atoms with E-state index in [1.165, 1.54) is 4.88 Å². The minimum atomic E-state index is -0.0800. The molecule has 2 saturated heterocycles. The van der Waals surface area contributed by atoms with Gasteiger partial charge in [-0.2, -0.15) is 4.98 Å². The Labute approximate surface area is 178 Å². The molecule has 2 unspecified atom stereocenters. The van der Waals surface area contributed by atoms with Crippen LogP contribution in [0.2, 0.25) is 4.34 Å². The quantitative estimate of drug-likeness (QED) is 0.646. The van der Waals surface area contributed by atoms with Crippen LogP contribution in [-0.4, -0.2) is 57.8 Å². The molecule has 3 aromatic rings. The number of halogens is 1. The van der Waals surface area contributed by atoms with Gasteiger partial charge in [0.2, 0.25) is 11.7 Å². The Kier molecular flexibility index (Phi) is 5.17. The first-order valence-corrected chi connectivity index (χ1v) is 11.0. The standard InChI is InChI=1S/C21H23ClN4O2S/c22-18-7-6-17(29-18)10-25-8-16-9-26(13-21(16,12-25)14-27)11-19-23-20(24-28-19)15-4-2-1-3-5-15/h1-7,16,27H,8-14H2. The molecule has 2 aliphatic rings. The van der Waals surface area contributed by atoms with Crippen molar-refractivity contribution in [3.05, 3.63) is 57.6 Å². The van der Waals surface area contributed by atoms with E-state index in [4.69, 9.17) is 16.1 Å². The van der Waals surface area contributed by atoms with Gasteiger partial charge in [-0.3, -0.25) is 9.80 Å². The minimum absolute atomic E-state index is 0.0800. The van der Waals surface area contributed by atoms with E-state index in [1.54, 1.807) is 11.3 Å². The van der Waals surface area contributed by atoms with Gasteiger partial charge in [0, 0.05) is 48.6 Å². The van der Waals surface area contributed by atoms with Crippen LogP contribution < -0.4 is 0 Å². The van der Waals surface area contributed by atoms with Crippen LogP contribution in [-0.2, 0) is 13.1 Å². The van der Waals surface area contributed by atoms with Crippen molar-refractivity contribution in [3.63, 3.8) is 0 Å². The maximum Gasteiger partial charge on any atom is 0.241 e. The Morgan fingerprint density at radius 1 is 1.10 bits per heavy atom. The second kappa shape index (κ2) is 7.81. The van der Waals surface area contributed by atoms with Crippen LogP contribution >= 0.6 is 22.9 Å². The fourth-order valence-electron chi connectivity index (χ4n) is 4.74. The van der Waals surface area contributed by atoms with E-state index in [9.17, 15) is 5.11 Å². The normalized spacial score (nSPS) is 25.0. The zero-order valence-corrected chi connectivity index (χ0v) is 17.6. The van der Waals surface area contributed by atoms with E-state index in [-0.39, 0.29) is 12.0 Å². The summed E-state index contributed by atoms with van der Waals surface area (Å²) in [6.07, 6.45) is 0. The van der Waals surface area contributed by atoms with Crippen molar-refractivity contribution in [1.82, 2.24) is 19.9 Å². The van der Waals surface area contributed by atoms with Gasteiger partial charge in [0.15, 0.2) is 0 Å². The molecule has 2 fully saturated rings. The lowest BCUT2D eigenvalue weighted by atomic mass is 9.82. The Hall–Kier alpha value is -1.77. The highest BCUT2D eigenvalue weighted by Crippen LogP contribution is 2.43. The number of hydrogen-bond donors (Lipinski definition) is 1. The lowest BCUT2D eigenvalue weighted by Gasteiger charge is -2.27. The van der Waals surface area contributed by atoms with Crippen molar-refractivity contribution < 1.29 is 9.63 Å². The zero-order chi connectivity index (χ0) is 19.8. The number of rotatable bonds is 6. The second-order valence-electron chi connectivity index (χ2n) is 8.14. The van der Waals surface area contributed by atoms with Gasteiger partial charge in [-0.05, 0) is 18.1 Å². The summed E-state index contributed by atoms with van der Waals surface area (Å²) in [6.45, 7) is 5.41. The largest absolute Gasteiger partial charge is 0.396 e. The molecule has 1 N–H and O–H groups in total. The molecular formula is C21H23ClN4O2S. The van der Waals surface area contributed by atoms with Gasteiger partial charge in [0.25, 0.3) is 0 Å². The third-order valence-corrected chi connectivity index (χ3v) is 7.30. The molecule has 6 nitrogen and oxygen atoms in total. The van der Waals surface area contributed by atoms with Crippen LogP contribution in [0.3, 0.4) is 0 Å². The van der Waals surface area contributed by atoms with Crippen LogP contribution in [0.1, 0.15) is 10.8 Å². The highest BCUT2D eigenvalue weighted by Gasteiger charge is 2.52. The summed E-state index contributed by atoms with van der Waals surface area (Å²) >= 11 is 7.70. The molecule has 1 aromatic carbocycles. The Morgan fingerprint density at radius 3 is 2.52 bits per heavy atom. The molecule has 2 atom stereocenters. The zero-order valence-electron chi connectivity index (χ0n) is 16.0. The predicted octanol–water partition coefficient (Wildman–Crippen LogP) is 3.38. The molecule has 0 saturated carbocycles. The summed E-state index contributed by atoms with van der Waals surface area (Å²) in [5, 5.41) is 14.3. The Bertz CT molecular complexity index is 978. The number of fused-ring (bicyclic) bond motifs is 1. The average Bonchev–Trinajstić information content (AvgIpc) is 3.47. The van der Waals surface area contributed by atoms with E-state index in [2.05, 4.69) is 26.0 Å². The van der Waals surface area contributed by atoms with Crippen LogP contribution in [0, 0.1) is 11.3 Å². The second-order valence-corrected chi connectivity index (χ2v) is 9.94. The number of aromatic nitrogens is 2. The fraction of sp³-hybridized carbons (Fsp3) is 0.429. The number of likely N-dealkylation sites (tertiary alicyclic amines) is 2. The van der Waals surface area contributed by atoms with Gasteiger partial charge < -0.3 is 9.63 Å². The Balaban J connectivity index is 1.23. The van der Waals surface area contributed by atoms with Crippen molar-refractivity contribution in [2.24, 2.45) is 11.3 Å². The molecule has 5 rings (SSSR count). The van der Waals surface area contributed by atoms with Gasteiger partial charge in [-0.25, -0.2) is 0 Å². The minimum Gasteiger partial charge on any atom is -0.396 e. The number of aliphatic hydroxyl groups is 1. The summed E-state index contributed by atoms with van der Waals surface area (Å²) < 4.78 is 6.32. The van der Waals surface area contributed by atoms with Crippen molar-refractivity contribution in [3.8, 4) is 11.4 Å². The molecule has 0 spiro atoms. The molecule has 0 radical (unpaired) electrons. The van der Waals surface area contributed by atoms with Gasteiger partial charge in [0.1, 0.15) is 0 Å². The lowest BCUT2D eigenvalue weighted by Crippen LogP contribution is -2.36. The third-order valence-electron chi connectivity index (χ3n) is 6.08. The van der Waals surface area contributed by atoms with E-state index < -0.39 is 0 Å². The molecule has 152 valence electrons. The Morgan fingerprint density at radius 2 is 1.86 bits per heavy atom. The van der Waals surface area contributed by atoms with E-state index in [0.717, 1.165) is 42.6 Å². The number of nitrogens with zero attached hydrogens (tertiary/aromatic N) is 4. The van der Waals surface area contributed by atoms with Gasteiger partial charge >= 0.3 is 0 Å². The third kappa shape index (κ3) is 3.85. The monoisotopic (exact) mass is 430 g/mol. The maximum atomic E-state index is 10.2. The molecule has 0 amide bonds. The molecular weight excluding hydrogens is 408 g/mol. The van der Waals surface area contributed by atoms with Crippen LogP contribution in [0.5, 0.6) is 0 Å². The van der Waals surface area contributed by atoms with Crippen LogP contribution in [0.15, 0.2) is 47.0 Å². The van der Waals surface area contributed by atoms with Crippen molar-refractivity contribution in [1.29, 1.82) is 0 Å². The molecule has 29 heavy (non-hydrogen) atoms. The fourth-order valence-corrected chi connectivity index (χ4v) is 5.87. The number of hydrogen-bond acceptors (Lipinski definition) is 7. The van der Waals surface area contributed by atoms with Gasteiger partial charge in [-0.1, -0.05) is 47.1 Å². The van der Waals surface area contributed by atoms with Crippen LogP contribution in [0.25, 0.3) is 11.4 Å². The maximum absolute atomic E-state index is 10.2. The van der Waals surface area contributed by atoms with E-state index >= 15 is 0 Å². The topological polar surface area (TPSA) is 65.6 Å². The molecule has 8 heteroatoms. The number of benzene rings is 1. The molecule has 4 heterocycles. The van der Waals surface area contributed by atoms with Crippen molar-refractivity contribution in [2.75, 3.05) is 32.8 Å². The van der Waals surface area contributed by atoms with E-state index in [0.29, 0.717) is 24.2 Å². The van der Waals surface area contributed by atoms with E-state index in [1.807, 2.05) is 36.4 Å². The van der Waals surface area contributed by atoms with Gasteiger partial charge in [-0.15, -0.1) is 11.3 Å². The average molecular weight is 431 g/mol. The van der Waals surface area contributed by atoms with Crippen molar-refractivity contribution in [2.45, 2.75) is 13.1 Å². The summed E-state index contributed by atoms with van der Waals surface area (Å²) in [7, 11) is 0. The predicted molar refractivity (Wildman–Crippen MR) is 113 cm³/mol. The summed E-state index contributed by atoms with van der Waals surface area (Å²) in [6, 6.07) is 13.9. The van der Waals surface area contributed by atoms with Gasteiger partial charge in [0.05, 0.1) is 17.5 Å². The molecule has 0 bridgehead atoms. The van der Waals surface area contributed by atoms with Crippen molar-refractivity contribution >= 4 is 22.9 Å². The smallest absolute Gasteiger partial charge is 0.241 e. The molecule has 2 aromatic heterocycles. The first-order valence-electron chi connectivity index (χ1n) is 9.81. The number of thiophene rings is 1. The molecule has 2 aliphatic heterocycles. The summed E-state index contributed by atoms with van der Waals surface area (Å²) in [5.74, 6) is 1.69. The van der Waals surface area contributed by atoms with Crippen LogP contribution in [0.4, 0.5) is 0 Å². The summed E-state index contributed by atoms with van der Waals surface area (Å²) in [4.78, 5) is 10.6. The highest BCUT2D eigenvalue weighted by atomic mass is 35.5. The molecule has 0 aliphatic carbocycles. The SMILES string of the molecule is OCC12CN(Cc3nc(-c4ccccc4)no3)CC1CN(Cc1ccc(Cl)s1)C2. The first-order chi connectivity index (χ1) is 14.1. The number of aliphatic hydroxyl groups excluding tert-OH is 1. The summed E-state index contributed by atoms with van der Waals surface area (Å²) in [5.41, 5.74) is 0.875. The lowest BCUT2D eigenvalue weighted by molar-refractivity contribution is 0.108. The highest BCUT2D eigenvalue weighted by molar-refractivity contribution is 7.16. The first kappa shape index (κ1) is 19.2.